The van der Waals surface area contributed by atoms with Crippen LogP contribution in [0, 0.1) is 22.9 Å². The van der Waals surface area contributed by atoms with Gasteiger partial charge in [-0.05, 0) is 42.4 Å². The lowest BCUT2D eigenvalue weighted by molar-refractivity contribution is 0.0692. The highest BCUT2D eigenvalue weighted by Gasteiger charge is 2.29. The van der Waals surface area contributed by atoms with Gasteiger partial charge in [0.1, 0.15) is 23.0 Å². The number of halogens is 3. The van der Waals surface area contributed by atoms with Gasteiger partial charge in [0.2, 0.25) is 5.43 Å². The number of carboxylic acids is 1. The summed E-state index contributed by atoms with van der Waals surface area (Å²) in [6.07, 6.45) is 2.33. The number of rotatable bonds is 7. The van der Waals surface area contributed by atoms with Crippen molar-refractivity contribution >= 4 is 22.6 Å². The summed E-state index contributed by atoms with van der Waals surface area (Å²) in [5, 5.41) is 20.0. The number of carboxylic acid groups (broad SMARTS) is 1. The number of aromatic carboxylic acids is 1. The van der Waals surface area contributed by atoms with Crippen LogP contribution < -0.4 is 10.3 Å². The molecule has 0 aliphatic carbocycles. The van der Waals surface area contributed by atoms with Crippen molar-refractivity contribution in [3.63, 3.8) is 0 Å². The molecule has 0 unspecified atom stereocenters. The molecule has 0 saturated carbocycles. The number of hydrogen-bond donors (Lipinski definition) is 2. The molecule has 6 nitrogen and oxygen atoms in total. The van der Waals surface area contributed by atoms with Crippen LogP contribution in [0.2, 0.25) is 0 Å². The fraction of sp³-hybridized carbons (Fsp3) is 0.407. The minimum atomic E-state index is -1.38. The van der Waals surface area contributed by atoms with E-state index >= 15 is 0 Å². The maximum absolute atomic E-state index is 14.3. The second-order valence-electron chi connectivity index (χ2n) is 10.3. The van der Waals surface area contributed by atoms with Gasteiger partial charge in [0.25, 0.3) is 0 Å². The average molecular weight is 503 g/mol. The van der Waals surface area contributed by atoms with E-state index in [1.54, 1.807) is 16.7 Å². The maximum atomic E-state index is 14.3. The predicted molar refractivity (Wildman–Crippen MR) is 131 cm³/mol. The summed E-state index contributed by atoms with van der Waals surface area (Å²) in [4.78, 5) is 27.2. The van der Waals surface area contributed by atoms with Crippen molar-refractivity contribution in [1.82, 2.24) is 4.57 Å². The standard InChI is InChI=1S/C27H29F3N2O4/c1-27(2,3)24(14-33)32-13-19(26(35)36)25(34)18-9-15(22(12-23(18)32)31-7-4-8-31)5-6-17-20(29)10-16(28)11-21(17)30/h9-13,24,33H,4-8,14H2,1-3H3,(H,35,36)/t24-/m1/s1. The number of aryl methyl sites for hydroxylation is 1. The number of benzene rings is 2. The number of fused-ring (bicyclic) bond motifs is 1. The first-order valence-corrected chi connectivity index (χ1v) is 11.9. The molecule has 2 heterocycles. The quantitative estimate of drug-likeness (QED) is 0.490. The van der Waals surface area contributed by atoms with Crippen molar-refractivity contribution in [1.29, 1.82) is 0 Å². The Morgan fingerprint density at radius 1 is 1.06 bits per heavy atom. The molecular formula is C27H29F3N2O4. The summed E-state index contributed by atoms with van der Waals surface area (Å²) in [5.74, 6) is -4.35. The fourth-order valence-corrected chi connectivity index (χ4v) is 4.74. The second-order valence-corrected chi connectivity index (χ2v) is 10.3. The molecule has 2 aromatic carbocycles. The zero-order valence-corrected chi connectivity index (χ0v) is 20.4. The smallest absolute Gasteiger partial charge is 0.341 e. The third-order valence-electron chi connectivity index (χ3n) is 6.92. The van der Waals surface area contributed by atoms with Gasteiger partial charge >= 0.3 is 5.97 Å². The summed E-state index contributed by atoms with van der Waals surface area (Å²) >= 11 is 0. The molecule has 1 aromatic heterocycles. The van der Waals surface area contributed by atoms with E-state index in [4.69, 9.17) is 0 Å². The number of aliphatic hydroxyl groups excluding tert-OH is 1. The first kappa shape index (κ1) is 25.8. The minimum absolute atomic E-state index is 0.0711. The van der Waals surface area contributed by atoms with E-state index in [1.807, 2.05) is 20.8 Å². The monoisotopic (exact) mass is 502 g/mol. The molecule has 0 radical (unpaired) electrons. The number of aromatic nitrogens is 1. The summed E-state index contributed by atoms with van der Waals surface area (Å²) in [5.41, 5.74) is 0.0732. The number of hydrogen-bond acceptors (Lipinski definition) is 4. The number of pyridine rings is 1. The van der Waals surface area contributed by atoms with Gasteiger partial charge in [-0.2, -0.15) is 0 Å². The number of carbonyl (C=O) groups is 1. The number of anilines is 1. The zero-order chi connectivity index (χ0) is 26.4. The zero-order valence-electron chi connectivity index (χ0n) is 20.4. The third-order valence-corrected chi connectivity index (χ3v) is 6.92. The molecular weight excluding hydrogens is 473 g/mol. The molecule has 1 atom stereocenters. The van der Waals surface area contributed by atoms with Crippen molar-refractivity contribution in [2.75, 3.05) is 24.6 Å². The van der Waals surface area contributed by atoms with Gasteiger partial charge in [0.05, 0.1) is 18.2 Å². The third kappa shape index (κ3) is 4.72. The van der Waals surface area contributed by atoms with Crippen molar-refractivity contribution in [3.8, 4) is 0 Å². The molecule has 192 valence electrons. The van der Waals surface area contributed by atoms with Crippen LogP contribution in [0.1, 0.15) is 54.7 Å². The van der Waals surface area contributed by atoms with Crippen LogP contribution in [0.15, 0.2) is 35.3 Å². The van der Waals surface area contributed by atoms with E-state index in [0.29, 0.717) is 23.2 Å². The van der Waals surface area contributed by atoms with Crippen LogP contribution in [0.5, 0.6) is 0 Å². The van der Waals surface area contributed by atoms with Gasteiger partial charge in [0, 0.05) is 48.1 Å². The Morgan fingerprint density at radius 2 is 1.69 bits per heavy atom. The molecule has 0 bridgehead atoms. The molecule has 3 aromatic rings. The minimum Gasteiger partial charge on any atom is -0.477 e. The Kier molecular flexibility index (Phi) is 6.88. The van der Waals surface area contributed by atoms with Gasteiger partial charge in [-0.1, -0.05) is 20.8 Å². The van der Waals surface area contributed by atoms with Gasteiger partial charge in [-0.25, -0.2) is 18.0 Å². The Balaban J connectivity index is 1.92. The molecule has 2 N–H and O–H groups in total. The topological polar surface area (TPSA) is 82.8 Å². The van der Waals surface area contributed by atoms with E-state index < -0.39 is 45.9 Å². The Morgan fingerprint density at radius 3 is 2.19 bits per heavy atom. The van der Waals surface area contributed by atoms with Crippen LogP contribution in [0.3, 0.4) is 0 Å². The van der Waals surface area contributed by atoms with Gasteiger partial charge in [0.15, 0.2) is 0 Å². The van der Waals surface area contributed by atoms with E-state index in [-0.39, 0.29) is 30.4 Å². The van der Waals surface area contributed by atoms with Crippen LogP contribution in [-0.2, 0) is 12.8 Å². The highest BCUT2D eigenvalue weighted by atomic mass is 19.1. The SMILES string of the molecule is CC(C)(C)[C@@H](CO)n1cc(C(=O)O)c(=O)c2cc(CCc3c(F)cc(F)cc3F)c(N3CCC3)cc21. The van der Waals surface area contributed by atoms with Crippen molar-refractivity contribution in [2.45, 2.75) is 46.1 Å². The van der Waals surface area contributed by atoms with Gasteiger partial charge in [-0.3, -0.25) is 4.79 Å². The van der Waals surface area contributed by atoms with Gasteiger partial charge in [-0.15, -0.1) is 0 Å². The van der Waals surface area contributed by atoms with Crippen molar-refractivity contribution in [2.24, 2.45) is 5.41 Å². The average Bonchev–Trinajstić information content (AvgIpc) is 2.73. The molecule has 0 spiro atoms. The Hall–Kier alpha value is -3.33. The van der Waals surface area contributed by atoms with E-state index in [0.717, 1.165) is 25.2 Å². The van der Waals surface area contributed by atoms with Gasteiger partial charge < -0.3 is 19.7 Å². The van der Waals surface area contributed by atoms with Crippen LogP contribution in [0.4, 0.5) is 18.9 Å². The molecule has 1 aliphatic heterocycles. The normalized spacial score (nSPS) is 14.7. The lowest BCUT2D eigenvalue weighted by Crippen LogP contribution is -2.38. The number of nitrogens with zero attached hydrogens (tertiary/aromatic N) is 2. The lowest BCUT2D eigenvalue weighted by atomic mass is 9.86. The van der Waals surface area contributed by atoms with E-state index in [1.165, 1.54) is 6.20 Å². The van der Waals surface area contributed by atoms with Crippen LogP contribution >= 0.6 is 0 Å². The predicted octanol–water partition coefficient (Wildman–Crippen LogP) is 4.69. The second kappa shape index (κ2) is 9.61. The number of aliphatic hydroxyl groups is 1. The summed E-state index contributed by atoms with van der Waals surface area (Å²) in [6, 6.07) is 4.13. The van der Waals surface area contributed by atoms with E-state index in [9.17, 15) is 33.0 Å². The largest absolute Gasteiger partial charge is 0.477 e. The first-order chi connectivity index (χ1) is 16.9. The van der Waals surface area contributed by atoms with Crippen molar-refractivity contribution < 1.29 is 28.2 Å². The van der Waals surface area contributed by atoms with Crippen molar-refractivity contribution in [3.05, 3.63) is 74.8 Å². The molecule has 4 rings (SSSR count). The molecule has 0 amide bonds. The highest BCUT2D eigenvalue weighted by molar-refractivity contribution is 5.94. The Bertz CT molecular complexity index is 1370. The highest BCUT2D eigenvalue weighted by Crippen LogP contribution is 2.36. The Labute approximate surface area is 206 Å². The molecule has 9 heteroatoms. The van der Waals surface area contributed by atoms with Crippen LogP contribution in [-0.4, -0.2) is 40.4 Å². The molecule has 1 aliphatic rings. The molecule has 1 saturated heterocycles. The molecule has 1 fully saturated rings. The first-order valence-electron chi connectivity index (χ1n) is 11.9. The maximum Gasteiger partial charge on any atom is 0.341 e. The lowest BCUT2D eigenvalue weighted by Gasteiger charge is -2.36. The van der Waals surface area contributed by atoms with Crippen LogP contribution in [0.25, 0.3) is 10.9 Å². The molecule has 36 heavy (non-hydrogen) atoms. The summed E-state index contributed by atoms with van der Waals surface area (Å²) < 4.78 is 43.5. The summed E-state index contributed by atoms with van der Waals surface area (Å²) in [7, 11) is 0. The fourth-order valence-electron chi connectivity index (χ4n) is 4.74. The summed E-state index contributed by atoms with van der Waals surface area (Å²) in [6.45, 7) is 6.98. The van der Waals surface area contributed by atoms with E-state index in [2.05, 4.69) is 4.90 Å².